The third-order valence-electron chi connectivity index (χ3n) is 3.24. The quantitative estimate of drug-likeness (QED) is 0.745. The van der Waals surface area contributed by atoms with Crippen LogP contribution < -0.4 is 10.2 Å². The molecule has 90 valence electrons. The van der Waals surface area contributed by atoms with Gasteiger partial charge in [-0.3, -0.25) is 0 Å². The zero-order chi connectivity index (χ0) is 12.0. The first kappa shape index (κ1) is 11.6. The Morgan fingerprint density at radius 3 is 3.00 bits per heavy atom. The Hall–Kier alpha value is -0.515. The van der Waals surface area contributed by atoms with E-state index in [1.807, 2.05) is 19.1 Å². The van der Waals surface area contributed by atoms with E-state index in [0.717, 1.165) is 22.1 Å². The highest BCUT2D eigenvalue weighted by Gasteiger charge is 2.43. The minimum absolute atomic E-state index is 0.0506. The molecule has 0 amide bonds. The van der Waals surface area contributed by atoms with Crippen molar-refractivity contribution >= 4 is 28.5 Å². The zero-order valence-corrected chi connectivity index (χ0v) is 11.5. The summed E-state index contributed by atoms with van der Waals surface area (Å²) in [7, 11) is -0.278. The molecule has 2 unspecified atom stereocenters. The van der Waals surface area contributed by atoms with Gasteiger partial charge in [-0.2, -0.15) is 0 Å². The molecule has 0 radical (unpaired) electrons. The predicted octanol–water partition coefficient (Wildman–Crippen LogP) is 2.42. The van der Waals surface area contributed by atoms with Crippen LogP contribution in [-0.4, -0.2) is 19.8 Å². The van der Waals surface area contributed by atoms with Crippen LogP contribution in [0.2, 0.25) is 0 Å². The molecule has 1 aromatic carbocycles. The summed E-state index contributed by atoms with van der Waals surface area (Å²) in [5.74, 6) is 0.897. The molecule has 0 N–H and O–H groups in total. The Kier molecular flexibility index (Phi) is 2.93. The van der Waals surface area contributed by atoms with Crippen LogP contribution >= 0.6 is 15.9 Å². The Morgan fingerprint density at radius 1 is 1.41 bits per heavy atom. The second-order valence-electron chi connectivity index (χ2n) is 4.50. The fourth-order valence-electron chi connectivity index (χ4n) is 2.43. The first-order valence-corrected chi connectivity index (χ1v) is 6.76. The topological polar surface area (TPSA) is 27.7 Å². The number of halogens is 1. The molecule has 0 aromatic heterocycles. The smallest absolute Gasteiger partial charge is 0.491 e. The van der Waals surface area contributed by atoms with Crippen molar-refractivity contribution in [2.45, 2.75) is 32.5 Å². The minimum Gasteiger partial charge on any atom is -0.491 e. The molecular weight excluding hydrogens is 283 g/mol. The van der Waals surface area contributed by atoms with Crippen LogP contribution in [0.25, 0.3) is 0 Å². The standard InChI is InChI=1S/C12H14BBrO3/c1-3-9-11-8(14)4-5-10-12(11)13(17-9)16-7(2)6-15-10/h4-5,7,9H,3,6H2,1-2H3. The van der Waals surface area contributed by atoms with Crippen LogP contribution in [0.3, 0.4) is 0 Å². The van der Waals surface area contributed by atoms with Gasteiger partial charge in [-0.1, -0.05) is 22.9 Å². The SMILES string of the molecule is CCC1OB2OC(C)COc3ccc(Br)c1c32. The molecule has 1 aromatic rings. The summed E-state index contributed by atoms with van der Waals surface area (Å²) in [5.41, 5.74) is 2.25. The van der Waals surface area contributed by atoms with Gasteiger partial charge in [0.15, 0.2) is 0 Å². The predicted molar refractivity (Wildman–Crippen MR) is 69.7 cm³/mol. The Bertz CT molecular complexity index is 452. The highest BCUT2D eigenvalue weighted by Crippen LogP contribution is 2.37. The average Bonchev–Trinajstić information content (AvgIpc) is 2.60. The van der Waals surface area contributed by atoms with Gasteiger partial charge >= 0.3 is 7.12 Å². The number of hydrogen-bond donors (Lipinski definition) is 0. The van der Waals surface area contributed by atoms with Gasteiger partial charge in [-0.15, -0.1) is 0 Å². The van der Waals surface area contributed by atoms with Gasteiger partial charge in [0, 0.05) is 9.94 Å². The summed E-state index contributed by atoms with van der Waals surface area (Å²) in [6.45, 7) is 4.69. The lowest BCUT2D eigenvalue weighted by atomic mass is 9.77. The molecule has 17 heavy (non-hydrogen) atoms. The number of ether oxygens (including phenoxy) is 1. The van der Waals surface area contributed by atoms with Crippen molar-refractivity contribution in [3.8, 4) is 5.75 Å². The lowest BCUT2D eigenvalue weighted by molar-refractivity contribution is 0.0976. The first-order chi connectivity index (χ1) is 8.20. The van der Waals surface area contributed by atoms with Crippen molar-refractivity contribution in [1.82, 2.24) is 0 Å². The summed E-state index contributed by atoms with van der Waals surface area (Å²) in [5, 5.41) is 0. The molecule has 0 saturated carbocycles. The van der Waals surface area contributed by atoms with Crippen molar-refractivity contribution in [2.24, 2.45) is 0 Å². The van der Waals surface area contributed by atoms with E-state index in [4.69, 9.17) is 14.0 Å². The van der Waals surface area contributed by atoms with Crippen molar-refractivity contribution in [3.63, 3.8) is 0 Å². The van der Waals surface area contributed by atoms with Gasteiger partial charge in [-0.05, 0) is 31.0 Å². The van der Waals surface area contributed by atoms with Crippen molar-refractivity contribution in [3.05, 3.63) is 22.2 Å². The summed E-state index contributed by atoms with van der Waals surface area (Å²) < 4.78 is 18.7. The summed E-state index contributed by atoms with van der Waals surface area (Å²) >= 11 is 3.59. The molecule has 0 spiro atoms. The van der Waals surface area contributed by atoms with E-state index in [0.29, 0.717) is 6.61 Å². The maximum atomic E-state index is 5.96. The summed E-state index contributed by atoms with van der Waals surface area (Å²) in [6, 6.07) is 4.01. The average molecular weight is 297 g/mol. The Morgan fingerprint density at radius 2 is 2.24 bits per heavy atom. The van der Waals surface area contributed by atoms with E-state index in [9.17, 15) is 0 Å². The third kappa shape index (κ3) is 1.81. The number of hydrogen-bond acceptors (Lipinski definition) is 3. The molecule has 2 aliphatic rings. The van der Waals surface area contributed by atoms with Crippen LogP contribution in [0.4, 0.5) is 0 Å². The van der Waals surface area contributed by atoms with Gasteiger partial charge in [0.25, 0.3) is 0 Å². The second-order valence-corrected chi connectivity index (χ2v) is 5.35. The molecule has 2 atom stereocenters. The van der Waals surface area contributed by atoms with Gasteiger partial charge in [0.2, 0.25) is 0 Å². The monoisotopic (exact) mass is 296 g/mol. The molecule has 0 bridgehead atoms. The van der Waals surface area contributed by atoms with E-state index in [-0.39, 0.29) is 19.3 Å². The molecule has 5 heteroatoms. The van der Waals surface area contributed by atoms with Crippen LogP contribution in [0.1, 0.15) is 31.9 Å². The third-order valence-corrected chi connectivity index (χ3v) is 3.93. The fraction of sp³-hybridized carbons (Fsp3) is 0.500. The van der Waals surface area contributed by atoms with Gasteiger partial charge in [-0.25, -0.2) is 0 Å². The lowest BCUT2D eigenvalue weighted by Gasteiger charge is -2.15. The normalized spacial score (nSPS) is 26.4. The Balaban J connectivity index is 2.14. The molecular formula is C12H14BBrO3. The minimum atomic E-state index is -0.278. The van der Waals surface area contributed by atoms with E-state index in [1.54, 1.807) is 0 Å². The maximum absolute atomic E-state index is 5.96. The van der Waals surface area contributed by atoms with Crippen molar-refractivity contribution in [2.75, 3.05) is 6.61 Å². The fourth-order valence-corrected chi connectivity index (χ4v) is 3.03. The molecule has 0 aliphatic carbocycles. The molecule has 3 nitrogen and oxygen atoms in total. The van der Waals surface area contributed by atoms with E-state index in [1.165, 1.54) is 5.56 Å². The van der Waals surface area contributed by atoms with Crippen LogP contribution in [0, 0.1) is 0 Å². The molecule has 0 saturated heterocycles. The van der Waals surface area contributed by atoms with Crippen molar-refractivity contribution < 1.29 is 14.0 Å². The van der Waals surface area contributed by atoms with E-state index >= 15 is 0 Å². The van der Waals surface area contributed by atoms with Gasteiger partial charge < -0.3 is 14.0 Å². The molecule has 2 aliphatic heterocycles. The molecule has 2 heterocycles. The zero-order valence-electron chi connectivity index (χ0n) is 9.90. The second kappa shape index (κ2) is 4.30. The summed E-state index contributed by atoms with van der Waals surface area (Å²) in [6.07, 6.45) is 1.08. The highest BCUT2D eigenvalue weighted by molar-refractivity contribution is 9.10. The molecule has 3 rings (SSSR count). The summed E-state index contributed by atoms with van der Waals surface area (Å²) in [4.78, 5) is 0. The number of rotatable bonds is 1. The first-order valence-electron chi connectivity index (χ1n) is 5.96. The van der Waals surface area contributed by atoms with Crippen LogP contribution in [0.5, 0.6) is 5.75 Å². The van der Waals surface area contributed by atoms with Crippen molar-refractivity contribution in [1.29, 1.82) is 0 Å². The van der Waals surface area contributed by atoms with E-state index < -0.39 is 0 Å². The maximum Gasteiger partial charge on any atom is 0.498 e. The Labute approximate surface area is 110 Å². The lowest BCUT2D eigenvalue weighted by Crippen LogP contribution is -2.34. The number of benzene rings is 1. The van der Waals surface area contributed by atoms with Crippen LogP contribution in [0.15, 0.2) is 16.6 Å². The largest absolute Gasteiger partial charge is 0.498 e. The van der Waals surface area contributed by atoms with Crippen LogP contribution in [-0.2, 0) is 9.31 Å². The van der Waals surface area contributed by atoms with Gasteiger partial charge in [0.1, 0.15) is 12.4 Å². The van der Waals surface area contributed by atoms with Gasteiger partial charge in [0.05, 0.1) is 12.2 Å². The highest BCUT2D eigenvalue weighted by atomic mass is 79.9. The molecule has 0 fully saturated rings. The van der Waals surface area contributed by atoms with E-state index in [2.05, 4.69) is 22.9 Å².